The number of nitrogens with zero attached hydrogens (tertiary/aromatic N) is 3. The molecular formula is C16H21N3S. The van der Waals surface area contributed by atoms with Crippen molar-refractivity contribution in [3.8, 4) is 5.69 Å². The zero-order valence-electron chi connectivity index (χ0n) is 12.7. The highest BCUT2D eigenvalue weighted by atomic mass is 32.1. The molecule has 0 aliphatic carbocycles. The van der Waals surface area contributed by atoms with E-state index in [0.29, 0.717) is 0 Å². The maximum absolute atomic E-state index is 4.39. The summed E-state index contributed by atoms with van der Waals surface area (Å²) in [6.07, 6.45) is 0. The Morgan fingerprint density at radius 1 is 1.10 bits per heavy atom. The first kappa shape index (κ1) is 14.7. The molecule has 0 fully saturated rings. The Kier molecular flexibility index (Phi) is 4.23. The highest BCUT2D eigenvalue weighted by Gasteiger charge is 2.20. The second-order valence-corrected chi connectivity index (χ2v) is 6.81. The number of thiazole rings is 1. The third kappa shape index (κ3) is 3.25. The van der Waals surface area contributed by atoms with Gasteiger partial charge in [0.15, 0.2) is 0 Å². The van der Waals surface area contributed by atoms with Crippen LogP contribution in [0.25, 0.3) is 5.69 Å². The fourth-order valence-corrected chi connectivity index (χ4v) is 2.94. The quantitative estimate of drug-likeness (QED) is 0.587. The van der Waals surface area contributed by atoms with Gasteiger partial charge in [-0.2, -0.15) is 5.10 Å². The Morgan fingerprint density at radius 3 is 2.30 bits per heavy atom. The van der Waals surface area contributed by atoms with Gasteiger partial charge in [-0.1, -0.05) is 39.0 Å². The Bertz CT molecular complexity index is 666. The summed E-state index contributed by atoms with van der Waals surface area (Å²) in [7, 11) is 0. The number of hydrogen-bond acceptors (Lipinski definition) is 3. The SMILES string of the molecule is CC(C)=N/N=c1\scc(C(C)(C)C)n1-c1ccccc1. The van der Waals surface area contributed by atoms with Gasteiger partial charge in [0, 0.05) is 27.9 Å². The first-order chi connectivity index (χ1) is 9.39. The molecule has 0 radical (unpaired) electrons. The van der Waals surface area contributed by atoms with Crippen LogP contribution in [0, 0.1) is 0 Å². The van der Waals surface area contributed by atoms with Crippen molar-refractivity contribution in [3.63, 3.8) is 0 Å². The van der Waals surface area contributed by atoms with Crippen molar-refractivity contribution in [1.29, 1.82) is 0 Å². The van der Waals surface area contributed by atoms with E-state index in [2.05, 4.69) is 53.1 Å². The lowest BCUT2D eigenvalue weighted by Gasteiger charge is -2.20. The predicted molar refractivity (Wildman–Crippen MR) is 86.7 cm³/mol. The van der Waals surface area contributed by atoms with Gasteiger partial charge in [-0.15, -0.1) is 16.4 Å². The van der Waals surface area contributed by atoms with E-state index in [0.717, 1.165) is 16.2 Å². The number of rotatable bonds is 2. The first-order valence-electron chi connectivity index (χ1n) is 6.71. The van der Waals surface area contributed by atoms with Crippen LogP contribution >= 0.6 is 11.3 Å². The van der Waals surface area contributed by atoms with Crippen LogP contribution in [0.15, 0.2) is 45.9 Å². The molecule has 2 rings (SSSR count). The van der Waals surface area contributed by atoms with Gasteiger partial charge in [0.05, 0.1) is 0 Å². The van der Waals surface area contributed by atoms with Crippen molar-refractivity contribution in [1.82, 2.24) is 4.57 Å². The molecule has 0 saturated carbocycles. The molecule has 0 aliphatic rings. The van der Waals surface area contributed by atoms with Gasteiger partial charge in [0.1, 0.15) is 0 Å². The van der Waals surface area contributed by atoms with Gasteiger partial charge in [0.25, 0.3) is 0 Å². The summed E-state index contributed by atoms with van der Waals surface area (Å²) in [6, 6.07) is 10.3. The Balaban J connectivity index is 2.71. The molecule has 0 aliphatic heterocycles. The molecule has 0 saturated heterocycles. The topological polar surface area (TPSA) is 29.6 Å². The van der Waals surface area contributed by atoms with Crippen LogP contribution in [-0.4, -0.2) is 10.3 Å². The molecule has 0 bridgehead atoms. The summed E-state index contributed by atoms with van der Waals surface area (Å²) in [5, 5.41) is 10.8. The Labute approximate surface area is 124 Å². The second kappa shape index (κ2) is 5.75. The van der Waals surface area contributed by atoms with E-state index in [1.54, 1.807) is 11.3 Å². The van der Waals surface area contributed by atoms with Crippen molar-refractivity contribution >= 4 is 17.0 Å². The van der Waals surface area contributed by atoms with E-state index in [-0.39, 0.29) is 5.41 Å². The molecule has 20 heavy (non-hydrogen) atoms. The largest absolute Gasteiger partial charge is 0.288 e. The molecule has 3 nitrogen and oxygen atoms in total. The highest BCUT2D eigenvalue weighted by Crippen LogP contribution is 2.25. The van der Waals surface area contributed by atoms with Gasteiger partial charge in [-0.25, -0.2) is 0 Å². The molecular weight excluding hydrogens is 266 g/mol. The van der Waals surface area contributed by atoms with Crippen LogP contribution in [0.3, 0.4) is 0 Å². The fraction of sp³-hybridized carbons (Fsp3) is 0.375. The average molecular weight is 287 g/mol. The summed E-state index contributed by atoms with van der Waals surface area (Å²) in [5.41, 5.74) is 3.39. The average Bonchev–Trinajstić information content (AvgIpc) is 2.81. The van der Waals surface area contributed by atoms with Crippen LogP contribution in [0.4, 0.5) is 0 Å². The zero-order valence-corrected chi connectivity index (χ0v) is 13.5. The third-order valence-electron chi connectivity index (χ3n) is 2.83. The minimum absolute atomic E-state index is 0.0606. The third-order valence-corrected chi connectivity index (χ3v) is 3.64. The first-order valence-corrected chi connectivity index (χ1v) is 7.59. The Morgan fingerprint density at radius 2 is 1.75 bits per heavy atom. The van der Waals surface area contributed by atoms with Crippen molar-refractivity contribution in [2.75, 3.05) is 0 Å². The van der Waals surface area contributed by atoms with Crippen LogP contribution < -0.4 is 4.80 Å². The van der Waals surface area contributed by atoms with E-state index < -0.39 is 0 Å². The molecule has 0 amide bonds. The van der Waals surface area contributed by atoms with Crippen molar-refractivity contribution in [2.45, 2.75) is 40.0 Å². The fourth-order valence-electron chi connectivity index (χ4n) is 1.87. The predicted octanol–water partition coefficient (Wildman–Crippen LogP) is 4.13. The summed E-state index contributed by atoms with van der Waals surface area (Å²) in [6.45, 7) is 10.6. The molecule has 106 valence electrons. The molecule has 0 atom stereocenters. The highest BCUT2D eigenvalue weighted by molar-refractivity contribution is 7.07. The van der Waals surface area contributed by atoms with Crippen LogP contribution in [-0.2, 0) is 5.41 Å². The molecule has 1 aromatic heterocycles. The molecule has 0 unspecified atom stereocenters. The van der Waals surface area contributed by atoms with Crippen LogP contribution in [0.5, 0.6) is 0 Å². The molecule has 0 N–H and O–H groups in total. The minimum Gasteiger partial charge on any atom is -0.288 e. The summed E-state index contributed by atoms with van der Waals surface area (Å²) in [4.78, 5) is 0.905. The molecule has 1 heterocycles. The van der Waals surface area contributed by atoms with Crippen molar-refractivity contribution in [2.24, 2.45) is 10.2 Å². The van der Waals surface area contributed by atoms with E-state index in [1.807, 2.05) is 32.0 Å². The smallest absolute Gasteiger partial charge is 0.215 e. The lowest BCUT2D eigenvalue weighted by molar-refractivity contribution is 0.552. The van der Waals surface area contributed by atoms with Gasteiger partial charge in [-0.05, 0) is 26.0 Å². The van der Waals surface area contributed by atoms with Gasteiger partial charge < -0.3 is 0 Å². The molecule has 1 aromatic carbocycles. The standard InChI is InChI=1S/C16H21N3S/c1-12(2)17-18-15-19(13-9-7-6-8-10-13)14(11-20-15)16(3,4)5/h6-11H,1-5H3/b18-15-. The van der Waals surface area contributed by atoms with E-state index in [1.165, 1.54) is 5.69 Å². The van der Waals surface area contributed by atoms with Crippen LogP contribution in [0.2, 0.25) is 0 Å². The number of hydrogen-bond donors (Lipinski definition) is 0. The monoisotopic (exact) mass is 287 g/mol. The maximum Gasteiger partial charge on any atom is 0.215 e. The normalized spacial score (nSPS) is 12.6. The van der Waals surface area contributed by atoms with E-state index in [4.69, 9.17) is 0 Å². The zero-order chi connectivity index (χ0) is 14.8. The maximum atomic E-state index is 4.39. The molecule has 0 spiro atoms. The Hall–Kier alpha value is -1.68. The lowest BCUT2D eigenvalue weighted by Crippen LogP contribution is -2.23. The minimum atomic E-state index is 0.0606. The molecule has 4 heteroatoms. The van der Waals surface area contributed by atoms with E-state index in [9.17, 15) is 0 Å². The summed E-state index contributed by atoms with van der Waals surface area (Å²) >= 11 is 1.63. The number of para-hydroxylation sites is 1. The summed E-state index contributed by atoms with van der Waals surface area (Å²) < 4.78 is 2.19. The number of benzene rings is 1. The van der Waals surface area contributed by atoms with Crippen molar-refractivity contribution < 1.29 is 0 Å². The van der Waals surface area contributed by atoms with Gasteiger partial charge in [0.2, 0.25) is 4.80 Å². The molecule has 2 aromatic rings. The van der Waals surface area contributed by atoms with Gasteiger partial charge >= 0.3 is 0 Å². The number of aromatic nitrogens is 1. The van der Waals surface area contributed by atoms with Gasteiger partial charge in [-0.3, -0.25) is 4.57 Å². The van der Waals surface area contributed by atoms with Crippen LogP contribution in [0.1, 0.15) is 40.3 Å². The van der Waals surface area contributed by atoms with Crippen molar-refractivity contribution in [3.05, 3.63) is 46.2 Å². The summed E-state index contributed by atoms with van der Waals surface area (Å²) in [5.74, 6) is 0. The second-order valence-electron chi connectivity index (χ2n) is 5.97. The van der Waals surface area contributed by atoms with E-state index >= 15 is 0 Å². The lowest BCUT2D eigenvalue weighted by atomic mass is 9.93.